The quantitative estimate of drug-likeness (QED) is 0.0279. The lowest BCUT2D eigenvalue weighted by atomic mass is 10.0. The molecular weight excluding hydrogens is 656 g/mol. The number of unbranched alkanes of at least 4 members (excludes halogenated alkanes) is 23. The van der Waals surface area contributed by atoms with Crippen LogP contribution in [0.1, 0.15) is 213 Å². The van der Waals surface area contributed by atoms with Crippen LogP contribution in [-0.4, -0.2) is 59.3 Å². The molecule has 0 saturated heterocycles. The molecular formula is C43H80N2O7. The Balaban J connectivity index is 4.31. The monoisotopic (exact) mass is 737 g/mol. The first-order chi connectivity index (χ1) is 25.3. The second-order valence-electron chi connectivity index (χ2n) is 14.8. The standard InChI is InChI=1S/C43H80N2O7/c1-3-5-7-9-11-13-15-16-18-20-22-27-31-35-42(49)52-38(32-28-24-21-19-17-14-12-10-8-6-4-2)33-29-25-23-26-30-34-40(47)44-36-41(48)45-39(37-46)43(50)51/h19,21,38-39,46H,3-18,20,22-37H2,1-2H3,(H,44,47)(H,45,48)(H,50,51)/b21-19-. The Bertz CT molecular complexity index is 895. The van der Waals surface area contributed by atoms with Crippen LogP contribution < -0.4 is 10.6 Å². The Labute approximate surface area is 318 Å². The number of esters is 1. The first-order valence-corrected chi connectivity index (χ1v) is 21.6. The van der Waals surface area contributed by atoms with Gasteiger partial charge in [-0.2, -0.15) is 0 Å². The summed E-state index contributed by atoms with van der Waals surface area (Å²) in [6.07, 6.45) is 39.5. The largest absolute Gasteiger partial charge is 0.480 e. The number of nitrogens with one attached hydrogen (secondary N) is 2. The zero-order chi connectivity index (χ0) is 38.3. The van der Waals surface area contributed by atoms with Crippen LogP contribution >= 0.6 is 0 Å². The van der Waals surface area contributed by atoms with Gasteiger partial charge in [0.1, 0.15) is 12.1 Å². The molecule has 52 heavy (non-hydrogen) atoms. The highest BCUT2D eigenvalue weighted by atomic mass is 16.5. The molecule has 2 atom stereocenters. The first-order valence-electron chi connectivity index (χ1n) is 21.6. The molecule has 9 nitrogen and oxygen atoms in total. The second-order valence-corrected chi connectivity index (χ2v) is 14.8. The Morgan fingerprint density at radius 2 is 1.00 bits per heavy atom. The minimum absolute atomic E-state index is 0.0371. The average Bonchev–Trinajstić information content (AvgIpc) is 3.13. The van der Waals surface area contributed by atoms with Crippen LogP contribution in [0.25, 0.3) is 0 Å². The van der Waals surface area contributed by atoms with E-state index < -0.39 is 24.5 Å². The summed E-state index contributed by atoms with van der Waals surface area (Å²) in [6, 6.07) is -1.38. The average molecular weight is 737 g/mol. The van der Waals surface area contributed by atoms with E-state index >= 15 is 0 Å². The first kappa shape index (κ1) is 49.6. The number of carboxylic acids is 1. The molecule has 0 fully saturated rings. The third-order valence-corrected chi connectivity index (χ3v) is 9.76. The molecule has 0 rings (SSSR count). The van der Waals surface area contributed by atoms with E-state index in [1.807, 2.05) is 0 Å². The molecule has 0 spiro atoms. The van der Waals surface area contributed by atoms with Crippen LogP contribution in [-0.2, 0) is 23.9 Å². The molecule has 0 saturated carbocycles. The second kappa shape index (κ2) is 38.3. The van der Waals surface area contributed by atoms with E-state index in [4.69, 9.17) is 14.9 Å². The summed E-state index contributed by atoms with van der Waals surface area (Å²) in [4.78, 5) is 47.5. The van der Waals surface area contributed by atoms with Crippen molar-refractivity contribution in [3.8, 4) is 0 Å². The van der Waals surface area contributed by atoms with E-state index in [0.29, 0.717) is 19.3 Å². The molecule has 4 N–H and O–H groups in total. The van der Waals surface area contributed by atoms with E-state index in [1.54, 1.807) is 0 Å². The lowest BCUT2D eigenvalue weighted by Gasteiger charge is -2.18. The van der Waals surface area contributed by atoms with Crippen molar-refractivity contribution >= 4 is 23.8 Å². The third kappa shape index (κ3) is 34.7. The van der Waals surface area contributed by atoms with Crippen LogP contribution in [0, 0.1) is 0 Å². The number of hydrogen-bond acceptors (Lipinski definition) is 6. The van der Waals surface area contributed by atoms with Crippen LogP contribution in [0.4, 0.5) is 0 Å². The minimum atomic E-state index is -1.38. The Morgan fingerprint density at radius 1 is 0.558 bits per heavy atom. The lowest BCUT2D eigenvalue weighted by molar-refractivity contribution is -0.150. The molecule has 0 aromatic heterocycles. The number of carboxylic acid groups (broad SMARTS) is 1. The maximum atomic E-state index is 12.8. The van der Waals surface area contributed by atoms with Crippen molar-refractivity contribution in [2.75, 3.05) is 13.2 Å². The molecule has 0 aliphatic carbocycles. The zero-order valence-corrected chi connectivity index (χ0v) is 33.6. The smallest absolute Gasteiger partial charge is 0.328 e. The summed E-state index contributed by atoms with van der Waals surface area (Å²) in [7, 11) is 0. The minimum Gasteiger partial charge on any atom is -0.480 e. The lowest BCUT2D eigenvalue weighted by Crippen LogP contribution is -2.47. The summed E-state index contributed by atoms with van der Waals surface area (Å²) < 4.78 is 6.00. The highest BCUT2D eigenvalue weighted by Gasteiger charge is 2.19. The van der Waals surface area contributed by atoms with E-state index in [2.05, 4.69) is 36.6 Å². The van der Waals surface area contributed by atoms with E-state index in [1.165, 1.54) is 109 Å². The van der Waals surface area contributed by atoms with Gasteiger partial charge in [0.05, 0.1) is 13.2 Å². The maximum absolute atomic E-state index is 12.8. The van der Waals surface area contributed by atoms with E-state index in [-0.39, 0.29) is 24.5 Å². The van der Waals surface area contributed by atoms with Gasteiger partial charge in [0, 0.05) is 12.8 Å². The topological polar surface area (TPSA) is 142 Å². The maximum Gasteiger partial charge on any atom is 0.328 e. The number of carbonyl (C=O) groups excluding carboxylic acids is 3. The number of aliphatic hydroxyl groups is 1. The van der Waals surface area contributed by atoms with Crippen LogP contribution in [0.3, 0.4) is 0 Å². The Morgan fingerprint density at radius 3 is 1.52 bits per heavy atom. The number of rotatable bonds is 39. The fourth-order valence-corrected chi connectivity index (χ4v) is 6.42. The molecule has 0 aromatic carbocycles. The van der Waals surface area contributed by atoms with Crippen molar-refractivity contribution in [1.29, 1.82) is 0 Å². The van der Waals surface area contributed by atoms with Gasteiger partial charge in [-0.25, -0.2) is 4.79 Å². The summed E-state index contributed by atoms with van der Waals surface area (Å²) in [6.45, 7) is 3.48. The molecule has 0 aliphatic heterocycles. The van der Waals surface area contributed by atoms with Gasteiger partial charge in [-0.1, -0.05) is 154 Å². The number of hydrogen-bond donors (Lipinski definition) is 4. The van der Waals surface area contributed by atoms with Gasteiger partial charge in [0.15, 0.2) is 0 Å². The summed E-state index contributed by atoms with van der Waals surface area (Å²) >= 11 is 0. The third-order valence-electron chi connectivity index (χ3n) is 9.76. The van der Waals surface area contributed by atoms with Gasteiger partial charge in [-0.15, -0.1) is 0 Å². The zero-order valence-electron chi connectivity index (χ0n) is 33.6. The number of carbonyl (C=O) groups is 4. The summed E-state index contributed by atoms with van der Waals surface area (Å²) in [5.41, 5.74) is 0. The van der Waals surface area contributed by atoms with E-state index in [9.17, 15) is 19.2 Å². The summed E-state index contributed by atoms with van der Waals surface area (Å²) in [5, 5.41) is 22.5. The molecule has 0 radical (unpaired) electrons. The highest BCUT2D eigenvalue weighted by Crippen LogP contribution is 2.18. The van der Waals surface area contributed by atoms with Crippen molar-refractivity contribution < 1.29 is 34.1 Å². The van der Waals surface area contributed by atoms with Crippen LogP contribution in [0.5, 0.6) is 0 Å². The SMILES string of the molecule is CCCCCCCC/C=C\CCCC(CCCCCCCC(=O)NCC(=O)NC(CO)C(=O)O)OC(=O)CCCCCCCCCCCCCCC. The number of aliphatic hydroxyl groups excluding tert-OH is 1. The molecule has 0 heterocycles. The number of aliphatic carboxylic acids is 1. The summed E-state index contributed by atoms with van der Waals surface area (Å²) in [5.74, 6) is -2.30. The molecule has 0 aliphatic rings. The van der Waals surface area contributed by atoms with E-state index in [0.717, 1.165) is 70.6 Å². The van der Waals surface area contributed by atoms with Crippen molar-refractivity contribution in [1.82, 2.24) is 10.6 Å². The van der Waals surface area contributed by atoms with Gasteiger partial charge in [-0.3, -0.25) is 14.4 Å². The number of amides is 2. The molecule has 0 bridgehead atoms. The fourth-order valence-electron chi connectivity index (χ4n) is 6.42. The molecule has 2 amide bonds. The van der Waals surface area contributed by atoms with Crippen LogP contribution in [0.2, 0.25) is 0 Å². The van der Waals surface area contributed by atoms with Gasteiger partial charge in [0.25, 0.3) is 0 Å². The molecule has 2 unspecified atom stereocenters. The van der Waals surface area contributed by atoms with Gasteiger partial charge < -0.3 is 25.6 Å². The molecule has 0 aromatic rings. The Hall–Kier alpha value is -2.42. The van der Waals surface area contributed by atoms with Crippen LogP contribution in [0.15, 0.2) is 12.2 Å². The normalized spacial score (nSPS) is 12.5. The van der Waals surface area contributed by atoms with Crippen molar-refractivity contribution in [3.05, 3.63) is 12.2 Å². The molecule has 9 heteroatoms. The van der Waals surface area contributed by atoms with Gasteiger partial charge in [-0.05, 0) is 57.8 Å². The van der Waals surface area contributed by atoms with Crippen molar-refractivity contribution in [3.63, 3.8) is 0 Å². The van der Waals surface area contributed by atoms with Gasteiger partial charge >= 0.3 is 11.9 Å². The van der Waals surface area contributed by atoms with Crippen molar-refractivity contribution in [2.24, 2.45) is 0 Å². The predicted octanol–water partition coefficient (Wildman–Crippen LogP) is 10.3. The fraction of sp³-hybridized carbons (Fsp3) is 0.860. The number of ether oxygens (including phenoxy) is 1. The molecule has 304 valence electrons. The van der Waals surface area contributed by atoms with Crippen molar-refractivity contribution in [2.45, 2.75) is 225 Å². The number of allylic oxidation sites excluding steroid dienone is 2. The predicted molar refractivity (Wildman–Crippen MR) is 213 cm³/mol. The van der Waals surface area contributed by atoms with Gasteiger partial charge in [0.2, 0.25) is 11.8 Å². The Kier molecular flexibility index (Phi) is 36.5. The highest BCUT2D eigenvalue weighted by molar-refractivity contribution is 5.87.